The largest absolute Gasteiger partial charge is 0.494 e. The zero-order valence-electron chi connectivity index (χ0n) is 12.5. The minimum absolute atomic E-state index is 0.247. The van der Waals surface area contributed by atoms with Crippen LogP contribution in [0.3, 0.4) is 0 Å². The molecule has 23 heavy (non-hydrogen) atoms. The van der Waals surface area contributed by atoms with Crippen LogP contribution in [0.4, 0.5) is 5.69 Å². The molecule has 0 saturated heterocycles. The highest BCUT2D eigenvalue weighted by Gasteiger charge is 2.17. The quantitative estimate of drug-likeness (QED) is 0.279. The molecule has 8 heteroatoms. The van der Waals surface area contributed by atoms with E-state index in [9.17, 15) is 9.59 Å². The average molecular weight is 446 g/mol. The highest BCUT2D eigenvalue weighted by Crippen LogP contribution is 2.27. The topological polar surface area (TPSA) is 68.7 Å². The number of anilines is 1. The third kappa shape index (κ3) is 5.04. The van der Waals surface area contributed by atoms with Crippen molar-refractivity contribution in [1.29, 1.82) is 0 Å². The van der Waals surface area contributed by atoms with E-state index in [2.05, 4.69) is 43.4 Å². The van der Waals surface area contributed by atoms with Gasteiger partial charge in [-0.25, -0.2) is 4.90 Å². The number of ether oxygens (including phenoxy) is 2. The molecule has 0 atom stereocenters. The summed E-state index contributed by atoms with van der Waals surface area (Å²) in [5, 5.41) is 0. The van der Waals surface area contributed by atoms with Gasteiger partial charge in [0, 0.05) is 18.3 Å². The van der Waals surface area contributed by atoms with Crippen molar-refractivity contribution in [3.8, 4) is 5.75 Å². The van der Waals surface area contributed by atoms with Crippen molar-refractivity contribution in [2.45, 2.75) is 0 Å². The summed E-state index contributed by atoms with van der Waals surface area (Å²) in [6.07, 6.45) is 5.92. The fourth-order valence-electron chi connectivity index (χ4n) is 1.59. The van der Waals surface area contributed by atoms with E-state index in [1.807, 2.05) is 0 Å². The molecule has 0 bridgehead atoms. The second-order valence-corrected chi connectivity index (χ2v) is 5.79. The van der Waals surface area contributed by atoms with Gasteiger partial charge in [0.25, 0.3) is 5.91 Å². The number of carbonyl (C=O) groups excluding carboxylic acids is 2. The van der Waals surface area contributed by atoms with Crippen molar-refractivity contribution in [3.05, 3.63) is 51.9 Å². The number of rotatable bonds is 7. The number of imide groups is 1. The van der Waals surface area contributed by atoms with Gasteiger partial charge in [0.15, 0.2) is 0 Å². The maximum Gasteiger partial charge on any atom is 0.257 e. The minimum atomic E-state index is -0.570. The Morgan fingerprint density at radius 3 is 2.57 bits per heavy atom. The molecule has 0 spiro atoms. The van der Waals surface area contributed by atoms with Gasteiger partial charge in [-0.2, -0.15) is 0 Å². The molecule has 0 saturated carbocycles. The maximum absolute atomic E-state index is 12.2. The van der Waals surface area contributed by atoms with E-state index in [1.54, 1.807) is 6.07 Å². The molecular weight excluding hydrogens is 432 g/mol. The third-order valence-electron chi connectivity index (χ3n) is 2.62. The Balaban J connectivity index is 3.09. The Labute approximate surface area is 150 Å². The van der Waals surface area contributed by atoms with E-state index in [0.717, 1.165) is 4.90 Å². The summed E-state index contributed by atoms with van der Waals surface area (Å²) in [5.74, 6) is 0.208. The van der Waals surface area contributed by atoms with E-state index >= 15 is 0 Å². The lowest BCUT2D eigenvalue weighted by Crippen LogP contribution is -2.28. The van der Waals surface area contributed by atoms with Crippen molar-refractivity contribution in [2.24, 2.45) is 0 Å². The number of aromatic nitrogens is 1. The maximum atomic E-state index is 12.2. The number of nitrogens with zero attached hydrogens (tertiary/aromatic N) is 2. The summed E-state index contributed by atoms with van der Waals surface area (Å²) in [5.41, 5.74) is 0.247. The first-order valence-corrected chi connectivity index (χ1v) is 7.78. The lowest BCUT2D eigenvalue weighted by molar-refractivity contribution is -0.118. The Morgan fingerprint density at radius 2 is 2.04 bits per heavy atom. The number of halogens is 2. The molecule has 2 amide bonds. The van der Waals surface area contributed by atoms with Gasteiger partial charge in [-0.15, -0.1) is 0 Å². The van der Waals surface area contributed by atoms with Crippen LogP contribution in [-0.4, -0.2) is 31.5 Å². The molecule has 0 aliphatic heterocycles. The van der Waals surface area contributed by atoms with Gasteiger partial charge in [0.1, 0.15) is 17.2 Å². The first-order chi connectivity index (χ1) is 11.0. The molecule has 1 aromatic rings. The molecule has 0 fully saturated rings. The summed E-state index contributed by atoms with van der Waals surface area (Å²) < 4.78 is 11.2. The van der Waals surface area contributed by atoms with Crippen molar-refractivity contribution in [2.75, 3.05) is 19.1 Å². The van der Waals surface area contributed by atoms with Crippen LogP contribution in [0.25, 0.3) is 0 Å². The van der Waals surface area contributed by atoms with Crippen LogP contribution in [0.2, 0.25) is 0 Å². The highest BCUT2D eigenvalue weighted by atomic mass is 79.9. The van der Waals surface area contributed by atoms with Crippen molar-refractivity contribution in [3.63, 3.8) is 0 Å². The van der Waals surface area contributed by atoms with Gasteiger partial charge in [-0.3, -0.25) is 14.6 Å². The fraction of sp³-hybridized carbons (Fsp3) is 0.133. The predicted molar refractivity (Wildman–Crippen MR) is 94.5 cm³/mol. The number of pyridine rings is 1. The molecule has 0 radical (unpaired) electrons. The molecule has 0 N–H and O–H groups in total. The molecule has 6 nitrogen and oxygen atoms in total. The number of amides is 2. The highest BCUT2D eigenvalue weighted by molar-refractivity contribution is 9.12. The first kappa shape index (κ1) is 19.1. The zero-order valence-corrected chi connectivity index (χ0v) is 15.6. The Morgan fingerprint density at radius 1 is 1.35 bits per heavy atom. The minimum Gasteiger partial charge on any atom is -0.494 e. The standard InChI is InChI=1S/C15H14Br2N2O4/c1-10(16)15(23-3)11(17)4-5-14(21)19(9-20)12-8-18-7-6-13(12)22-2/h4-9H,1H2,2-3H3. The van der Waals surface area contributed by atoms with Crippen LogP contribution in [0.15, 0.2) is 51.9 Å². The van der Waals surface area contributed by atoms with Crippen molar-refractivity contribution in [1.82, 2.24) is 4.98 Å². The summed E-state index contributed by atoms with van der Waals surface area (Å²) in [7, 11) is 2.91. The van der Waals surface area contributed by atoms with Crippen LogP contribution in [0, 0.1) is 0 Å². The normalized spacial score (nSPS) is 11.7. The second-order valence-electron chi connectivity index (χ2n) is 3.98. The molecule has 1 rings (SSSR count). The van der Waals surface area contributed by atoms with Crippen LogP contribution < -0.4 is 9.64 Å². The van der Waals surface area contributed by atoms with E-state index in [-0.39, 0.29) is 5.69 Å². The Kier molecular flexibility index (Phi) is 7.70. The van der Waals surface area contributed by atoms with Crippen LogP contribution >= 0.6 is 31.9 Å². The van der Waals surface area contributed by atoms with Gasteiger partial charge >= 0.3 is 0 Å². The zero-order chi connectivity index (χ0) is 17.4. The van der Waals surface area contributed by atoms with Crippen LogP contribution in [0.5, 0.6) is 5.75 Å². The molecule has 0 aliphatic carbocycles. The lowest BCUT2D eigenvalue weighted by Gasteiger charge is -2.16. The molecular formula is C15H14Br2N2O4. The molecule has 0 aromatic carbocycles. The summed E-state index contributed by atoms with van der Waals surface area (Å²) in [6, 6.07) is 1.55. The predicted octanol–water partition coefficient (Wildman–Crippen LogP) is 3.30. The van der Waals surface area contributed by atoms with Crippen molar-refractivity contribution < 1.29 is 19.1 Å². The fourth-order valence-corrected chi connectivity index (χ4v) is 2.77. The van der Waals surface area contributed by atoms with Crippen LogP contribution in [0.1, 0.15) is 0 Å². The first-order valence-electron chi connectivity index (χ1n) is 6.19. The molecule has 1 heterocycles. The summed E-state index contributed by atoms with van der Waals surface area (Å²) in [4.78, 5) is 28.3. The van der Waals surface area contributed by atoms with E-state index in [4.69, 9.17) is 9.47 Å². The van der Waals surface area contributed by atoms with Gasteiger partial charge in [-0.05, 0) is 37.9 Å². The van der Waals surface area contributed by atoms with Crippen molar-refractivity contribution >= 4 is 49.9 Å². The smallest absolute Gasteiger partial charge is 0.257 e. The number of hydrogen-bond donors (Lipinski definition) is 0. The number of carbonyl (C=O) groups is 2. The van der Waals surface area contributed by atoms with E-state index < -0.39 is 5.91 Å². The molecule has 0 aliphatic rings. The molecule has 1 aromatic heterocycles. The second kappa shape index (κ2) is 9.26. The Hall–Kier alpha value is -1.93. The van der Waals surface area contributed by atoms with E-state index in [1.165, 1.54) is 38.8 Å². The summed E-state index contributed by atoms with van der Waals surface area (Å²) in [6.45, 7) is 3.69. The number of hydrogen-bond acceptors (Lipinski definition) is 5. The lowest BCUT2D eigenvalue weighted by atomic mass is 10.3. The SMILES string of the molecule is C=C(Br)C(OC)=C(Br)C=CC(=O)N(C=O)c1cnccc1OC. The van der Waals surface area contributed by atoms with Gasteiger partial charge in [-0.1, -0.05) is 6.58 Å². The van der Waals surface area contributed by atoms with E-state index in [0.29, 0.717) is 26.9 Å². The number of methoxy groups -OCH3 is 2. The number of allylic oxidation sites excluding steroid dienone is 3. The third-order valence-corrected chi connectivity index (χ3v) is 3.61. The average Bonchev–Trinajstić information content (AvgIpc) is 2.54. The van der Waals surface area contributed by atoms with Crippen LogP contribution in [-0.2, 0) is 14.3 Å². The summed E-state index contributed by atoms with van der Waals surface area (Å²) >= 11 is 6.46. The monoisotopic (exact) mass is 444 g/mol. The molecule has 0 unspecified atom stereocenters. The molecule has 122 valence electrons. The Bertz CT molecular complexity index is 671. The van der Waals surface area contributed by atoms with Gasteiger partial charge < -0.3 is 9.47 Å². The van der Waals surface area contributed by atoms with Gasteiger partial charge in [0.05, 0.1) is 29.4 Å². The van der Waals surface area contributed by atoms with Gasteiger partial charge in [0.2, 0.25) is 6.41 Å².